The lowest BCUT2D eigenvalue weighted by Crippen LogP contribution is -1.94. The zero-order valence-corrected chi connectivity index (χ0v) is 73.7. The second-order valence-electron chi connectivity index (χ2n) is 31.7. The van der Waals surface area contributed by atoms with Crippen LogP contribution in [0, 0.1) is 27.7 Å². The molecule has 0 N–H and O–H groups in total. The van der Waals surface area contributed by atoms with Gasteiger partial charge in [-0.25, -0.2) is 39.9 Å². The highest BCUT2D eigenvalue weighted by molar-refractivity contribution is 7.27. The molecule has 8 heterocycles. The zero-order valence-electron chi connectivity index (χ0n) is 70.5. The largest absolute Gasteiger partial charge is 0.233 e. The number of fused-ring (bicyclic) bond motifs is 12. The molecule has 0 saturated carbocycles. The molecule has 24 aromatic rings. The van der Waals surface area contributed by atoms with Gasteiger partial charge in [0.05, 0.1) is 45.6 Å². The summed E-state index contributed by atoms with van der Waals surface area (Å²) in [5.41, 5.74) is 26.3. The van der Waals surface area contributed by atoms with Crippen molar-refractivity contribution in [1.29, 1.82) is 0 Å². The predicted molar refractivity (Wildman–Crippen MR) is 544 cm³/mol. The van der Waals surface area contributed by atoms with E-state index in [2.05, 4.69) is 365 Å². The summed E-state index contributed by atoms with van der Waals surface area (Å²) in [5.74, 6) is 3.11. The summed E-state index contributed by atoms with van der Waals surface area (Å²) in [4.78, 5) is 37.3. The van der Waals surface area contributed by atoms with Gasteiger partial charge in [0.25, 0.3) is 0 Å². The number of benzene rings is 16. The molecule has 0 amide bonds. The summed E-state index contributed by atoms with van der Waals surface area (Å²) >= 11 is 7.43. The first-order valence-electron chi connectivity index (χ1n) is 42.7. The van der Waals surface area contributed by atoms with Gasteiger partial charge < -0.3 is 0 Å². The lowest BCUT2D eigenvalue weighted by atomic mass is 9.98. The molecule has 8 aromatic heterocycles. The van der Waals surface area contributed by atoms with Gasteiger partial charge in [-0.15, -0.1) is 45.3 Å². The highest BCUT2D eigenvalue weighted by Gasteiger charge is 2.18. The van der Waals surface area contributed by atoms with Gasteiger partial charge in [-0.1, -0.05) is 340 Å². The molecule has 0 atom stereocenters. The smallest absolute Gasteiger partial charge is 0.126 e. The van der Waals surface area contributed by atoms with Crippen LogP contribution < -0.4 is 0 Å². The summed E-state index contributed by atoms with van der Waals surface area (Å²) in [6.07, 6.45) is 0. The van der Waals surface area contributed by atoms with E-state index < -0.39 is 0 Å². The van der Waals surface area contributed by atoms with Crippen molar-refractivity contribution in [1.82, 2.24) is 39.9 Å². The van der Waals surface area contributed by atoms with E-state index in [1.165, 1.54) is 125 Å². The number of aryl methyl sites for hydroxylation is 4. The number of aromatic nitrogens is 8. The lowest BCUT2D eigenvalue weighted by Gasteiger charge is -2.09. The maximum Gasteiger partial charge on any atom is 0.126 e. The van der Waals surface area contributed by atoms with Crippen molar-refractivity contribution in [2.45, 2.75) is 27.7 Å². The van der Waals surface area contributed by atoms with Gasteiger partial charge in [0.15, 0.2) is 0 Å². The van der Waals surface area contributed by atoms with Crippen LogP contribution in [0.5, 0.6) is 0 Å². The Morgan fingerprint density at radius 1 is 0.148 bits per heavy atom. The molecular formula is C116H80N8S4. The summed E-state index contributed by atoms with van der Waals surface area (Å²) in [6.45, 7) is 7.80. The molecule has 608 valence electrons. The van der Waals surface area contributed by atoms with E-state index in [-0.39, 0.29) is 0 Å². The molecule has 16 aromatic carbocycles. The first kappa shape index (κ1) is 79.9. The molecule has 0 radical (unpaired) electrons. The van der Waals surface area contributed by atoms with Crippen molar-refractivity contribution in [3.63, 3.8) is 0 Å². The van der Waals surface area contributed by atoms with E-state index in [1.54, 1.807) is 0 Å². The standard InChI is InChI=1S/4C29H20N2S/c1-19-30-26(21-8-3-2-4-9-21)18-27(31-19)22-16-14-20(15-17-22)23-11-7-12-25-24-10-5-6-13-28(24)32-29(23)25;1-19-30-25(21-8-3-2-4-9-21)18-26(31-19)22-16-14-20(15-17-22)23-11-7-13-28-29(23)24-10-5-6-12-27(24)32-28;1-19-30-26(21-7-3-2-4-8-21)18-27(31-19)22-13-11-20(12-14-22)23-15-16-29-25(17-23)24-9-5-6-10-28(24)32-29;1-19-30-26(21-7-3-2-4-8-21)18-27(31-19)22-13-11-20(12-14-22)23-15-16-25-24-9-5-6-10-28(24)32-29(25)17-23/h4*2-18H,1H3. The van der Waals surface area contributed by atoms with Crippen LogP contribution >= 0.6 is 45.3 Å². The minimum atomic E-state index is 0.778. The molecule has 0 aliphatic rings. The summed E-state index contributed by atoms with van der Waals surface area (Å²) in [5, 5.41) is 10.6. The molecule has 0 unspecified atom stereocenters. The molecule has 128 heavy (non-hydrogen) atoms. The van der Waals surface area contributed by atoms with Crippen molar-refractivity contribution in [2.75, 3.05) is 0 Å². The van der Waals surface area contributed by atoms with Gasteiger partial charge in [-0.3, -0.25) is 0 Å². The maximum atomic E-state index is 4.71. The van der Waals surface area contributed by atoms with E-state index >= 15 is 0 Å². The van der Waals surface area contributed by atoms with Gasteiger partial charge >= 0.3 is 0 Å². The summed E-state index contributed by atoms with van der Waals surface area (Å²) in [6, 6.07) is 145. The molecule has 24 rings (SSSR count). The molecule has 0 saturated heterocycles. The minimum Gasteiger partial charge on any atom is -0.233 e. The number of nitrogens with zero attached hydrogens (tertiary/aromatic N) is 8. The van der Waals surface area contributed by atoms with Crippen LogP contribution in [0.3, 0.4) is 0 Å². The molecule has 0 spiro atoms. The van der Waals surface area contributed by atoms with Crippen molar-refractivity contribution < 1.29 is 0 Å². The minimum absolute atomic E-state index is 0.778. The van der Waals surface area contributed by atoms with Crippen LogP contribution in [0.2, 0.25) is 0 Å². The summed E-state index contributed by atoms with van der Waals surface area (Å²) in [7, 11) is 0. The SMILES string of the molecule is Cc1nc(-c2ccccc2)cc(-c2ccc(-c3ccc4c(c3)sc3ccccc34)cc2)n1.Cc1nc(-c2ccccc2)cc(-c2ccc(-c3ccc4sc5ccccc5c4c3)cc2)n1.Cc1nc(-c2ccccc2)cc(-c2ccc(-c3cccc4c3sc3ccccc34)cc2)n1.Cc1nc(-c2ccccc2)cc(-c2ccc(-c3cccc4sc5ccccc5c34)cc2)n1. The van der Waals surface area contributed by atoms with Crippen LogP contribution in [0.15, 0.2) is 413 Å². The molecule has 0 fully saturated rings. The van der Waals surface area contributed by atoms with Crippen molar-refractivity contribution in [2.24, 2.45) is 0 Å². The Bertz CT molecular complexity index is 8170. The number of hydrogen-bond acceptors (Lipinski definition) is 12. The number of thiophene rings is 4. The summed E-state index contributed by atoms with van der Waals surface area (Å²) < 4.78 is 10.7. The number of hydrogen-bond donors (Lipinski definition) is 0. The van der Waals surface area contributed by atoms with Crippen LogP contribution in [-0.2, 0) is 0 Å². The predicted octanol–water partition coefficient (Wildman–Crippen LogP) is 32.6. The van der Waals surface area contributed by atoms with Crippen molar-refractivity contribution in [3.8, 4) is 135 Å². The zero-order chi connectivity index (χ0) is 86.0. The van der Waals surface area contributed by atoms with Crippen LogP contribution in [-0.4, -0.2) is 39.9 Å². The molecule has 0 aliphatic heterocycles. The number of rotatable bonds is 12. The monoisotopic (exact) mass is 1710 g/mol. The van der Waals surface area contributed by atoms with Crippen molar-refractivity contribution in [3.05, 3.63) is 436 Å². The molecule has 12 heteroatoms. The van der Waals surface area contributed by atoms with E-state index in [0.29, 0.717) is 0 Å². The van der Waals surface area contributed by atoms with Crippen LogP contribution in [0.25, 0.3) is 215 Å². The van der Waals surface area contributed by atoms with E-state index in [4.69, 9.17) is 15.0 Å². The van der Waals surface area contributed by atoms with Gasteiger partial charge in [0.1, 0.15) is 23.3 Å². The Morgan fingerprint density at radius 3 is 0.836 bits per heavy atom. The van der Waals surface area contributed by atoms with E-state index in [9.17, 15) is 0 Å². The fraction of sp³-hybridized carbons (Fsp3) is 0.0345. The third-order valence-corrected chi connectivity index (χ3v) is 27.8. The highest BCUT2D eigenvalue weighted by Crippen LogP contribution is 2.45. The van der Waals surface area contributed by atoms with Crippen LogP contribution in [0.4, 0.5) is 0 Å². The average Bonchev–Trinajstić information content (AvgIpc) is 1.61. The molecule has 0 bridgehead atoms. The van der Waals surface area contributed by atoms with Gasteiger partial charge in [0, 0.05) is 125 Å². The third-order valence-electron chi connectivity index (χ3n) is 23.2. The van der Waals surface area contributed by atoms with Gasteiger partial charge in [0.2, 0.25) is 0 Å². The fourth-order valence-corrected chi connectivity index (χ4v) is 21.6. The Labute approximate surface area is 758 Å². The lowest BCUT2D eigenvalue weighted by molar-refractivity contribution is 1.06. The Kier molecular flexibility index (Phi) is 22.1. The Hall–Kier alpha value is -15.3. The Balaban J connectivity index is 0.000000104. The van der Waals surface area contributed by atoms with E-state index in [1.807, 2.05) is 146 Å². The van der Waals surface area contributed by atoms with Crippen molar-refractivity contribution >= 4 is 126 Å². The quantitative estimate of drug-likeness (QED) is 0.119. The normalized spacial score (nSPS) is 11.3. The molecule has 0 aliphatic carbocycles. The molecule has 8 nitrogen and oxygen atoms in total. The Morgan fingerprint density at radius 2 is 0.406 bits per heavy atom. The second kappa shape index (κ2) is 35.4. The topological polar surface area (TPSA) is 103 Å². The molecular weight excluding hydrogens is 1630 g/mol. The average molecular weight is 1710 g/mol. The van der Waals surface area contributed by atoms with E-state index in [0.717, 1.165) is 113 Å². The van der Waals surface area contributed by atoms with Gasteiger partial charge in [-0.05, 0) is 145 Å². The highest BCUT2D eigenvalue weighted by atomic mass is 32.1. The first-order valence-corrected chi connectivity index (χ1v) is 46.0. The fourth-order valence-electron chi connectivity index (χ4n) is 17.0. The third kappa shape index (κ3) is 16.7. The van der Waals surface area contributed by atoms with Crippen LogP contribution in [0.1, 0.15) is 23.3 Å². The van der Waals surface area contributed by atoms with Gasteiger partial charge in [-0.2, -0.15) is 0 Å². The first-order chi connectivity index (χ1) is 63.0. The maximum absolute atomic E-state index is 4.71. The second-order valence-corrected chi connectivity index (χ2v) is 36.0.